The van der Waals surface area contributed by atoms with Gasteiger partial charge >= 0.3 is 0 Å². The van der Waals surface area contributed by atoms with E-state index in [0.717, 1.165) is 10.8 Å². The van der Waals surface area contributed by atoms with Crippen molar-refractivity contribution in [1.82, 2.24) is 5.43 Å². The summed E-state index contributed by atoms with van der Waals surface area (Å²) in [6.07, 6.45) is 1.45. The highest BCUT2D eigenvalue weighted by atomic mass is 16.5. The Morgan fingerprint density at radius 1 is 0.967 bits per heavy atom. The molecule has 3 aromatic rings. The van der Waals surface area contributed by atoms with Crippen LogP contribution >= 0.6 is 0 Å². The third-order valence-electron chi connectivity index (χ3n) is 4.07. The van der Waals surface area contributed by atoms with Crippen molar-refractivity contribution in [3.05, 3.63) is 66.2 Å². The number of hydrazone groups is 1. The van der Waals surface area contributed by atoms with Gasteiger partial charge in [0.05, 0.1) is 13.3 Å². The van der Waals surface area contributed by atoms with Gasteiger partial charge in [0.25, 0.3) is 11.8 Å². The zero-order chi connectivity index (χ0) is 21.3. The van der Waals surface area contributed by atoms with Crippen LogP contribution in [-0.2, 0) is 9.59 Å². The first-order chi connectivity index (χ1) is 14.6. The minimum Gasteiger partial charge on any atom is -0.493 e. The predicted octanol–water partition coefficient (Wildman–Crippen LogP) is 2.24. The average molecular weight is 407 g/mol. The molecule has 3 rings (SSSR count). The summed E-state index contributed by atoms with van der Waals surface area (Å²) >= 11 is 0. The maximum Gasteiger partial charge on any atom is 0.277 e. The molecule has 0 aliphatic rings. The number of hydrogen-bond acceptors (Lipinski definition) is 6. The number of nitrogens with two attached hydrogens (primary N) is 1. The lowest BCUT2D eigenvalue weighted by Crippen LogP contribution is -2.24. The molecule has 8 heteroatoms. The number of carbonyl (C=O) groups excluding carboxylic acids is 2. The van der Waals surface area contributed by atoms with Gasteiger partial charge in [0.15, 0.2) is 24.7 Å². The molecule has 0 atom stereocenters. The minimum absolute atomic E-state index is 0.172. The lowest BCUT2D eigenvalue weighted by molar-refractivity contribution is -0.123. The van der Waals surface area contributed by atoms with Crippen molar-refractivity contribution in [3.63, 3.8) is 0 Å². The number of ether oxygens (including phenoxy) is 3. The summed E-state index contributed by atoms with van der Waals surface area (Å²) in [5.74, 6) is 0.430. The van der Waals surface area contributed by atoms with Crippen molar-refractivity contribution in [2.75, 3.05) is 20.3 Å². The summed E-state index contributed by atoms with van der Waals surface area (Å²) in [4.78, 5) is 22.9. The maximum absolute atomic E-state index is 12.0. The van der Waals surface area contributed by atoms with E-state index in [2.05, 4.69) is 10.5 Å². The normalized spacial score (nSPS) is 10.7. The van der Waals surface area contributed by atoms with Gasteiger partial charge in [-0.3, -0.25) is 9.59 Å². The van der Waals surface area contributed by atoms with E-state index in [1.165, 1.54) is 13.3 Å². The molecule has 0 spiro atoms. The topological polar surface area (TPSA) is 112 Å². The third-order valence-corrected chi connectivity index (χ3v) is 4.07. The van der Waals surface area contributed by atoms with Gasteiger partial charge in [-0.05, 0) is 35.2 Å². The fourth-order valence-electron chi connectivity index (χ4n) is 2.71. The lowest BCUT2D eigenvalue weighted by Gasteiger charge is -2.10. The molecule has 0 heterocycles. The molecule has 0 unspecified atom stereocenters. The van der Waals surface area contributed by atoms with Crippen LogP contribution in [0.15, 0.2) is 65.8 Å². The Bertz CT molecular complexity index is 1080. The first-order valence-corrected chi connectivity index (χ1v) is 9.08. The van der Waals surface area contributed by atoms with Crippen LogP contribution in [0.3, 0.4) is 0 Å². The fourth-order valence-corrected chi connectivity index (χ4v) is 2.71. The summed E-state index contributed by atoms with van der Waals surface area (Å²) in [6.45, 7) is -0.425. The summed E-state index contributed by atoms with van der Waals surface area (Å²) in [5, 5.41) is 5.89. The Kier molecular flexibility index (Phi) is 6.83. The van der Waals surface area contributed by atoms with Crippen LogP contribution in [0.1, 0.15) is 5.56 Å². The first kappa shape index (κ1) is 20.7. The Hall–Kier alpha value is -4.07. The number of rotatable bonds is 9. The molecule has 3 aromatic carbocycles. The van der Waals surface area contributed by atoms with Gasteiger partial charge in [0.2, 0.25) is 0 Å². The SMILES string of the molecule is COc1cc(/C=N/NC(=O)COc2cccc3ccccc23)ccc1OCC(N)=O. The summed E-state index contributed by atoms with van der Waals surface area (Å²) in [5.41, 5.74) is 8.14. The summed E-state index contributed by atoms with van der Waals surface area (Å²) in [7, 11) is 1.47. The summed E-state index contributed by atoms with van der Waals surface area (Å²) in [6, 6.07) is 18.4. The molecule has 3 N–H and O–H groups in total. The van der Waals surface area contributed by atoms with Crippen molar-refractivity contribution in [1.29, 1.82) is 0 Å². The Balaban J connectivity index is 1.55. The van der Waals surface area contributed by atoms with E-state index in [9.17, 15) is 9.59 Å². The monoisotopic (exact) mass is 407 g/mol. The highest BCUT2D eigenvalue weighted by molar-refractivity contribution is 5.89. The van der Waals surface area contributed by atoms with E-state index in [4.69, 9.17) is 19.9 Å². The molecule has 0 fully saturated rings. The van der Waals surface area contributed by atoms with Crippen LogP contribution < -0.4 is 25.4 Å². The van der Waals surface area contributed by atoms with Gasteiger partial charge in [0, 0.05) is 5.39 Å². The van der Waals surface area contributed by atoms with Gasteiger partial charge in [-0.2, -0.15) is 5.10 Å². The Morgan fingerprint density at radius 3 is 2.53 bits per heavy atom. The highest BCUT2D eigenvalue weighted by Crippen LogP contribution is 2.27. The molecule has 8 nitrogen and oxygen atoms in total. The second-order valence-electron chi connectivity index (χ2n) is 6.22. The molecule has 0 radical (unpaired) electrons. The number of carbonyl (C=O) groups is 2. The van der Waals surface area contributed by atoms with Crippen LogP contribution in [0.25, 0.3) is 10.8 Å². The van der Waals surface area contributed by atoms with Crippen molar-refractivity contribution in [2.45, 2.75) is 0 Å². The van der Waals surface area contributed by atoms with E-state index < -0.39 is 11.8 Å². The molecular weight excluding hydrogens is 386 g/mol. The molecule has 0 aliphatic heterocycles. The number of hydrogen-bond donors (Lipinski definition) is 2. The third kappa shape index (κ3) is 5.48. The Morgan fingerprint density at radius 2 is 1.73 bits per heavy atom. The minimum atomic E-state index is -0.587. The highest BCUT2D eigenvalue weighted by Gasteiger charge is 2.07. The number of nitrogens with zero attached hydrogens (tertiary/aromatic N) is 1. The number of amides is 2. The van der Waals surface area contributed by atoms with E-state index in [1.54, 1.807) is 18.2 Å². The number of benzene rings is 3. The Labute approximate surface area is 173 Å². The van der Waals surface area contributed by atoms with E-state index in [-0.39, 0.29) is 13.2 Å². The molecule has 154 valence electrons. The molecule has 30 heavy (non-hydrogen) atoms. The van der Waals surface area contributed by atoms with Gasteiger partial charge in [0.1, 0.15) is 5.75 Å². The number of fused-ring (bicyclic) bond motifs is 1. The van der Waals surface area contributed by atoms with Crippen LogP contribution in [-0.4, -0.2) is 38.4 Å². The largest absolute Gasteiger partial charge is 0.493 e. The van der Waals surface area contributed by atoms with Gasteiger partial charge in [-0.25, -0.2) is 5.43 Å². The molecule has 0 aliphatic carbocycles. The molecule has 0 aromatic heterocycles. The second-order valence-corrected chi connectivity index (χ2v) is 6.22. The number of methoxy groups -OCH3 is 1. The summed E-state index contributed by atoms with van der Waals surface area (Å²) < 4.78 is 16.1. The maximum atomic E-state index is 12.0. The molecule has 0 bridgehead atoms. The quantitative estimate of drug-likeness (QED) is 0.417. The standard InChI is InChI=1S/C22H21N3O5/c1-28-20-11-15(9-10-19(20)29-13-21(23)26)12-24-25-22(27)14-30-18-8-4-6-16-5-2-3-7-17(16)18/h2-12H,13-14H2,1H3,(H2,23,26)(H,25,27)/b24-12+. The fraction of sp³-hybridized carbons (Fsp3) is 0.136. The van der Waals surface area contributed by atoms with Crippen molar-refractivity contribution < 1.29 is 23.8 Å². The van der Waals surface area contributed by atoms with Gasteiger partial charge < -0.3 is 19.9 Å². The van der Waals surface area contributed by atoms with Crippen LogP contribution in [0.4, 0.5) is 0 Å². The van der Waals surface area contributed by atoms with Crippen molar-refractivity contribution >= 4 is 28.8 Å². The molecule has 0 saturated carbocycles. The van der Waals surface area contributed by atoms with Gasteiger partial charge in [-0.1, -0.05) is 36.4 Å². The van der Waals surface area contributed by atoms with Crippen LogP contribution in [0, 0.1) is 0 Å². The zero-order valence-corrected chi connectivity index (χ0v) is 16.3. The smallest absolute Gasteiger partial charge is 0.277 e. The van der Waals surface area contributed by atoms with E-state index in [0.29, 0.717) is 22.8 Å². The average Bonchev–Trinajstić information content (AvgIpc) is 2.76. The van der Waals surface area contributed by atoms with Gasteiger partial charge in [-0.15, -0.1) is 0 Å². The molecular formula is C22H21N3O5. The van der Waals surface area contributed by atoms with Crippen molar-refractivity contribution in [3.8, 4) is 17.2 Å². The van der Waals surface area contributed by atoms with E-state index in [1.807, 2.05) is 42.5 Å². The number of nitrogens with one attached hydrogen (secondary N) is 1. The molecule has 0 saturated heterocycles. The van der Waals surface area contributed by atoms with E-state index >= 15 is 0 Å². The van der Waals surface area contributed by atoms with Crippen LogP contribution in [0.2, 0.25) is 0 Å². The first-order valence-electron chi connectivity index (χ1n) is 9.08. The lowest BCUT2D eigenvalue weighted by atomic mass is 10.1. The zero-order valence-electron chi connectivity index (χ0n) is 16.3. The van der Waals surface area contributed by atoms with Crippen LogP contribution in [0.5, 0.6) is 17.2 Å². The van der Waals surface area contributed by atoms with Crippen molar-refractivity contribution in [2.24, 2.45) is 10.8 Å². The number of primary amides is 1. The second kappa shape index (κ2) is 9.92. The molecule has 2 amide bonds. The predicted molar refractivity (Wildman–Crippen MR) is 113 cm³/mol.